The SMILES string of the molecule is CCOc1ccc(C(=O)N(CCn2cccn2)c2nc3c(F)cccc3s2)cc1. The van der Waals surface area contributed by atoms with Crippen molar-refractivity contribution < 1.29 is 13.9 Å². The molecule has 0 unspecified atom stereocenters. The number of thiazole rings is 1. The highest BCUT2D eigenvalue weighted by molar-refractivity contribution is 7.22. The van der Waals surface area contributed by atoms with Gasteiger partial charge in [-0.2, -0.15) is 5.10 Å². The number of para-hydroxylation sites is 1. The third kappa shape index (κ3) is 4.12. The Morgan fingerprint density at radius 3 is 2.72 bits per heavy atom. The van der Waals surface area contributed by atoms with Crippen LogP contribution in [0, 0.1) is 5.82 Å². The molecule has 0 aliphatic carbocycles. The minimum absolute atomic E-state index is 0.209. The predicted octanol–water partition coefficient (Wildman–Crippen LogP) is 4.38. The van der Waals surface area contributed by atoms with Gasteiger partial charge in [-0.25, -0.2) is 9.37 Å². The summed E-state index contributed by atoms with van der Waals surface area (Å²) in [5.41, 5.74) is 0.782. The lowest BCUT2D eigenvalue weighted by molar-refractivity contribution is 0.0985. The molecule has 4 aromatic rings. The minimum Gasteiger partial charge on any atom is -0.494 e. The molecule has 0 saturated heterocycles. The standard InChI is InChI=1S/C21H19FN4O2S/c1-2-28-16-9-7-15(8-10-16)20(27)26(14-13-25-12-4-11-23-25)21-24-19-17(22)5-3-6-18(19)29-21/h3-12H,2,13-14H2,1H3. The molecule has 0 saturated carbocycles. The molecule has 6 nitrogen and oxygen atoms in total. The summed E-state index contributed by atoms with van der Waals surface area (Å²) in [5, 5.41) is 4.64. The number of nitrogens with zero attached hydrogens (tertiary/aromatic N) is 4. The highest BCUT2D eigenvalue weighted by atomic mass is 32.1. The van der Waals surface area contributed by atoms with Crippen LogP contribution >= 0.6 is 11.3 Å². The van der Waals surface area contributed by atoms with Gasteiger partial charge in [0.2, 0.25) is 0 Å². The molecule has 29 heavy (non-hydrogen) atoms. The molecule has 2 aromatic heterocycles. The van der Waals surface area contributed by atoms with Gasteiger partial charge < -0.3 is 4.74 Å². The van der Waals surface area contributed by atoms with Crippen molar-refractivity contribution in [2.75, 3.05) is 18.1 Å². The number of fused-ring (bicyclic) bond motifs is 1. The van der Waals surface area contributed by atoms with E-state index in [2.05, 4.69) is 10.1 Å². The molecule has 0 atom stereocenters. The number of carbonyl (C=O) groups excluding carboxylic acids is 1. The van der Waals surface area contributed by atoms with Crippen molar-refractivity contribution in [3.8, 4) is 5.75 Å². The van der Waals surface area contributed by atoms with E-state index in [4.69, 9.17) is 4.74 Å². The Labute approximate surface area is 171 Å². The second-order valence-electron chi connectivity index (χ2n) is 6.27. The number of anilines is 1. The van der Waals surface area contributed by atoms with Gasteiger partial charge in [0.15, 0.2) is 5.13 Å². The lowest BCUT2D eigenvalue weighted by Gasteiger charge is -2.20. The predicted molar refractivity (Wildman–Crippen MR) is 111 cm³/mol. The Balaban J connectivity index is 1.66. The number of halogens is 1. The maximum absolute atomic E-state index is 14.1. The van der Waals surface area contributed by atoms with Crippen LogP contribution in [-0.4, -0.2) is 33.8 Å². The highest BCUT2D eigenvalue weighted by Gasteiger charge is 2.22. The summed E-state index contributed by atoms with van der Waals surface area (Å²) in [6.45, 7) is 3.31. The summed E-state index contributed by atoms with van der Waals surface area (Å²) in [4.78, 5) is 19.2. The van der Waals surface area contributed by atoms with Gasteiger partial charge in [0.05, 0.1) is 17.9 Å². The van der Waals surface area contributed by atoms with Gasteiger partial charge in [-0.15, -0.1) is 0 Å². The third-order valence-corrected chi connectivity index (χ3v) is 5.40. The average Bonchev–Trinajstić information content (AvgIpc) is 3.39. The van der Waals surface area contributed by atoms with E-state index in [0.717, 1.165) is 0 Å². The van der Waals surface area contributed by atoms with Crippen molar-refractivity contribution in [3.63, 3.8) is 0 Å². The summed E-state index contributed by atoms with van der Waals surface area (Å²) < 4.78 is 22.0. The molecule has 0 bridgehead atoms. The normalized spacial score (nSPS) is 11.0. The Morgan fingerprint density at radius 2 is 2.03 bits per heavy atom. The summed E-state index contributed by atoms with van der Waals surface area (Å²) in [6.07, 6.45) is 3.52. The smallest absolute Gasteiger partial charge is 0.260 e. The topological polar surface area (TPSA) is 60.2 Å². The zero-order valence-corrected chi connectivity index (χ0v) is 16.6. The van der Waals surface area contributed by atoms with Crippen molar-refractivity contribution in [1.29, 1.82) is 0 Å². The number of amides is 1. The first kappa shape index (κ1) is 19.1. The van der Waals surface area contributed by atoms with E-state index >= 15 is 0 Å². The van der Waals surface area contributed by atoms with Crippen LogP contribution in [-0.2, 0) is 6.54 Å². The fourth-order valence-electron chi connectivity index (χ4n) is 2.95. The summed E-state index contributed by atoms with van der Waals surface area (Å²) >= 11 is 1.29. The molecule has 1 amide bonds. The molecular weight excluding hydrogens is 391 g/mol. The molecule has 0 aliphatic rings. The lowest BCUT2D eigenvalue weighted by atomic mass is 10.2. The largest absolute Gasteiger partial charge is 0.494 e. The lowest BCUT2D eigenvalue weighted by Crippen LogP contribution is -2.34. The highest BCUT2D eigenvalue weighted by Crippen LogP contribution is 2.31. The van der Waals surface area contributed by atoms with Gasteiger partial charge in [0.1, 0.15) is 17.1 Å². The van der Waals surface area contributed by atoms with Crippen molar-refractivity contribution in [2.45, 2.75) is 13.5 Å². The molecule has 0 radical (unpaired) electrons. The molecule has 4 rings (SSSR count). The second-order valence-corrected chi connectivity index (χ2v) is 7.28. The first-order valence-electron chi connectivity index (χ1n) is 9.23. The van der Waals surface area contributed by atoms with Crippen molar-refractivity contribution in [1.82, 2.24) is 14.8 Å². The number of benzene rings is 2. The number of aromatic nitrogens is 3. The minimum atomic E-state index is -0.398. The number of hydrogen-bond acceptors (Lipinski definition) is 5. The van der Waals surface area contributed by atoms with Crippen LogP contribution in [0.4, 0.5) is 9.52 Å². The molecule has 8 heteroatoms. The zero-order chi connectivity index (χ0) is 20.2. The average molecular weight is 410 g/mol. The van der Waals surface area contributed by atoms with Gasteiger partial charge in [-0.1, -0.05) is 17.4 Å². The van der Waals surface area contributed by atoms with Gasteiger partial charge in [0.25, 0.3) is 5.91 Å². The number of hydrogen-bond donors (Lipinski definition) is 0. The molecule has 0 fully saturated rings. The van der Waals surface area contributed by atoms with Crippen LogP contribution < -0.4 is 9.64 Å². The Hall–Kier alpha value is -3.26. The number of ether oxygens (including phenoxy) is 1. The van der Waals surface area contributed by atoms with Crippen LogP contribution in [0.25, 0.3) is 10.2 Å². The molecule has 2 heterocycles. The van der Waals surface area contributed by atoms with Crippen LogP contribution in [0.15, 0.2) is 60.9 Å². The fraction of sp³-hybridized carbons (Fsp3) is 0.190. The third-order valence-electron chi connectivity index (χ3n) is 4.36. The summed E-state index contributed by atoms with van der Waals surface area (Å²) in [5.74, 6) is 0.0967. The van der Waals surface area contributed by atoms with Gasteiger partial charge in [-0.3, -0.25) is 14.4 Å². The molecule has 0 N–H and O–H groups in total. The zero-order valence-electron chi connectivity index (χ0n) is 15.8. The van der Waals surface area contributed by atoms with E-state index in [1.165, 1.54) is 17.4 Å². The maximum atomic E-state index is 14.1. The molecule has 0 spiro atoms. The van der Waals surface area contributed by atoms with E-state index in [9.17, 15) is 9.18 Å². The van der Waals surface area contributed by atoms with Crippen LogP contribution in [0.1, 0.15) is 17.3 Å². The van der Waals surface area contributed by atoms with E-state index in [0.29, 0.717) is 40.8 Å². The second kappa shape index (κ2) is 8.40. The first-order chi connectivity index (χ1) is 14.2. The van der Waals surface area contributed by atoms with Crippen LogP contribution in [0.2, 0.25) is 0 Å². The summed E-state index contributed by atoms with van der Waals surface area (Å²) in [6, 6.07) is 13.6. The number of rotatable bonds is 7. The maximum Gasteiger partial charge on any atom is 0.260 e. The molecule has 148 valence electrons. The Kier molecular flexibility index (Phi) is 5.53. The van der Waals surface area contributed by atoms with Gasteiger partial charge in [0, 0.05) is 24.5 Å². The van der Waals surface area contributed by atoms with E-state index < -0.39 is 5.82 Å². The summed E-state index contributed by atoms with van der Waals surface area (Å²) in [7, 11) is 0. The fourth-order valence-corrected chi connectivity index (χ4v) is 3.96. The Morgan fingerprint density at radius 1 is 1.21 bits per heavy atom. The molecule has 2 aromatic carbocycles. The quantitative estimate of drug-likeness (QED) is 0.454. The van der Waals surface area contributed by atoms with Crippen LogP contribution in [0.3, 0.4) is 0 Å². The molecule has 0 aliphatic heterocycles. The Bertz CT molecular complexity index is 1110. The van der Waals surface area contributed by atoms with Crippen molar-refractivity contribution >= 4 is 32.6 Å². The monoisotopic (exact) mass is 410 g/mol. The van der Waals surface area contributed by atoms with Crippen molar-refractivity contribution in [2.24, 2.45) is 0 Å². The molecular formula is C21H19FN4O2S. The van der Waals surface area contributed by atoms with Gasteiger partial charge in [-0.05, 0) is 49.4 Å². The van der Waals surface area contributed by atoms with E-state index in [1.54, 1.807) is 52.2 Å². The van der Waals surface area contributed by atoms with Gasteiger partial charge >= 0.3 is 0 Å². The first-order valence-corrected chi connectivity index (χ1v) is 10.0. The van der Waals surface area contributed by atoms with Crippen molar-refractivity contribution in [3.05, 3.63) is 72.3 Å². The number of carbonyl (C=O) groups is 1. The van der Waals surface area contributed by atoms with E-state index in [1.807, 2.05) is 19.2 Å². The van der Waals surface area contributed by atoms with E-state index in [-0.39, 0.29) is 11.4 Å². The van der Waals surface area contributed by atoms with Crippen LogP contribution in [0.5, 0.6) is 5.75 Å².